The average Bonchev–Trinajstić information content (AvgIpc) is 2.43. The van der Waals surface area contributed by atoms with E-state index in [1.165, 1.54) is 6.07 Å². The van der Waals surface area contributed by atoms with E-state index in [9.17, 15) is 22.4 Å². The Bertz CT molecular complexity index is 704. The fourth-order valence-corrected chi connectivity index (χ4v) is 1.71. The Hall–Kier alpha value is -2.57. The standard InChI is InChI=1S/C14H10F4N2O/c15-8-2-1-7(5-10(8)17)6-12(21)20-14-11(19)4-3-9(16)13(14)18/h1-5H,6,19H2,(H,20,21). The first kappa shape index (κ1) is 14.8. The number of carbonyl (C=O) groups is 1. The molecule has 0 saturated carbocycles. The van der Waals surface area contributed by atoms with Gasteiger partial charge in [-0.2, -0.15) is 0 Å². The predicted octanol–water partition coefficient (Wildman–Crippen LogP) is 3.01. The second-order valence-electron chi connectivity index (χ2n) is 4.30. The van der Waals surface area contributed by atoms with Crippen LogP contribution in [-0.2, 0) is 11.2 Å². The zero-order chi connectivity index (χ0) is 15.6. The number of nitrogens with one attached hydrogen (secondary N) is 1. The number of hydrogen-bond donors (Lipinski definition) is 2. The lowest BCUT2D eigenvalue weighted by Crippen LogP contribution is -2.17. The Balaban J connectivity index is 2.15. The molecule has 0 aliphatic heterocycles. The molecule has 0 fully saturated rings. The third-order valence-corrected chi connectivity index (χ3v) is 2.74. The fourth-order valence-electron chi connectivity index (χ4n) is 1.71. The summed E-state index contributed by atoms with van der Waals surface area (Å²) in [6.45, 7) is 0. The summed E-state index contributed by atoms with van der Waals surface area (Å²) < 4.78 is 52.3. The van der Waals surface area contributed by atoms with Crippen molar-refractivity contribution in [3.05, 3.63) is 59.2 Å². The Kier molecular flexibility index (Phi) is 4.11. The van der Waals surface area contributed by atoms with E-state index < -0.39 is 34.9 Å². The summed E-state index contributed by atoms with van der Waals surface area (Å²) in [5, 5.41) is 2.11. The van der Waals surface area contributed by atoms with Crippen molar-refractivity contribution in [3.63, 3.8) is 0 Å². The van der Waals surface area contributed by atoms with Gasteiger partial charge in [0.15, 0.2) is 23.3 Å². The van der Waals surface area contributed by atoms with Gasteiger partial charge in [-0.25, -0.2) is 17.6 Å². The van der Waals surface area contributed by atoms with Crippen molar-refractivity contribution in [1.29, 1.82) is 0 Å². The zero-order valence-electron chi connectivity index (χ0n) is 10.6. The highest BCUT2D eigenvalue weighted by atomic mass is 19.2. The summed E-state index contributed by atoms with van der Waals surface area (Å²) in [5.41, 5.74) is 5.00. The Morgan fingerprint density at radius 1 is 1.00 bits per heavy atom. The normalized spacial score (nSPS) is 10.5. The molecule has 2 aromatic rings. The SMILES string of the molecule is Nc1ccc(F)c(F)c1NC(=O)Cc1ccc(F)c(F)c1. The summed E-state index contributed by atoms with van der Waals surface area (Å²) >= 11 is 0. The highest BCUT2D eigenvalue weighted by molar-refractivity contribution is 5.95. The molecule has 0 unspecified atom stereocenters. The number of benzene rings is 2. The van der Waals surface area contributed by atoms with Gasteiger partial charge in [0.1, 0.15) is 5.69 Å². The minimum atomic E-state index is -1.28. The topological polar surface area (TPSA) is 55.1 Å². The van der Waals surface area contributed by atoms with Gasteiger partial charge in [-0.3, -0.25) is 4.79 Å². The monoisotopic (exact) mass is 298 g/mol. The van der Waals surface area contributed by atoms with Crippen LogP contribution in [0.15, 0.2) is 30.3 Å². The van der Waals surface area contributed by atoms with Crippen LogP contribution in [0.2, 0.25) is 0 Å². The van der Waals surface area contributed by atoms with E-state index in [0.29, 0.717) is 0 Å². The lowest BCUT2D eigenvalue weighted by atomic mass is 10.1. The number of nitrogen functional groups attached to an aromatic ring is 1. The zero-order valence-corrected chi connectivity index (χ0v) is 10.6. The first-order valence-corrected chi connectivity index (χ1v) is 5.85. The quantitative estimate of drug-likeness (QED) is 0.676. The molecule has 0 spiro atoms. The van der Waals surface area contributed by atoms with E-state index in [0.717, 1.165) is 24.3 Å². The minimum absolute atomic E-state index is 0.146. The van der Waals surface area contributed by atoms with Gasteiger partial charge >= 0.3 is 0 Å². The maximum Gasteiger partial charge on any atom is 0.228 e. The highest BCUT2D eigenvalue weighted by Gasteiger charge is 2.15. The molecule has 0 atom stereocenters. The van der Waals surface area contributed by atoms with Gasteiger partial charge in [-0.05, 0) is 29.8 Å². The Labute approximate surface area is 117 Å². The van der Waals surface area contributed by atoms with Crippen molar-refractivity contribution in [1.82, 2.24) is 0 Å². The van der Waals surface area contributed by atoms with Crippen LogP contribution in [0, 0.1) is 23.3 Å². The summed E-state index contributed by atoms with van der Waals surface area (Å²) in [4.78, 5) is 11.7. The van der Waals surface area contributed by atoms with Crippen LogP contribution in [0.5, 0.6) is 0 Å². The predicted molar refractivity (Wildman–Crippen MR) is 69.5 cm³/mol. The maximum atomic E-state index is 13.5. The molecule has 0 radical (unpaired) electrons. The molecule has 0 saturated heterocycles. The molecule has 2 rings (SSSR count). The van der Waals surface area contributed by atoms with Gasteiger partial charge in [0.05, 0.1) is 12.1 Å². The number of halogens is 4. The van der Waals surface area contributed by atoms with Crippen molar-refractivity contribution in [2.24, 2.45) is 0 Å². The van der Waals surface area contributed by atoms with Gasteiger partial charge in [0, 0.05) is 0 Å². The molecular weight excluding hydrogens is 288 g/mol. The number of nitrogens with two attached hydrogens (primary N) is 1. The molecular formula is C14H10F4N2O. The molecule has 0 bridgehead atoms. The van der Waals surface area contributed by atoms with Crippen molar-refractivity contribution in [2.75, 3.05) is 11.1 Å². The summed E-state index contributed by atoms with van der Waals surface area (Å²) in [7, 11) is 0. The van der Waals surface area contributed by atoms with Crippen molar-refractivity contribution < 1.29 is 22.4 Å². The first-order valence-electron chi connectivity index (χ1n) is 5.85. The minimum Gasteiger partial charge on any atom is -0.397 e. The second-order valence-corrected chi connectivity index (χ2v) is 4.30. The molecule has 0 aromatic heterocycles. The molecule has 21 heavy (non-hydrogen) atoms. The van der Waals surface area contributed by atoms with Crippen LogP contribution in [0.1, 0.15) is 5.56 Å². The third kappa shape index (κ3) is 3.31. The van der Waals surface area contributed by atoms with Crippen molar-refractivity contribution >= 4 is 17.3 Å². The van der Waals surface area contributed by atoms with Crippen LogP contribution < -0.4 is 11.1 Å². The highest BCUT2D eigenvalue weighted by Crippen LogP contribution is 2.24. The number of anilines is 2. The lowest BCUT2D eigenvalue weighted by Gasteiger charge is -2.10. The average molecular weight is 298 g/mol. The van der Waals surface area contributed by atoms with Gasteiger partial charge in [-0.1, -0.05) is 6.07 Å². The van der Waals surface area contributed by atoms with E-state index in [-0.39, 0.29) is 17.7 Å². The molecule has 3 nitrogen and oxygen atoms in total. The van der Waals surface area contributed by atoms with Gasteiger partial charge in [-0.15, -0.1) is 0 Å². The van der Waals surface area contributed by atoms with E-state index in [1.807, 2.05) is 0 Å². The molecule has 110 valence electrons. The fraction of sp³-hybridized carbons (Fsp3) is 0.0714. The van der Waals surface area contributed by atoms with Gasteiger partial charge < -0.3 is 11.1 Å². The number of hydrogen-bond acceptors (Lipinski definition) is 2. The molecule has 0 heterocycles. The van der Waals surface area contributed by atoms with E-state index in [4.69, 9.17) is 5.73 Å². The van der Waals surface area contributed by atoms with Crippen LogP contribution in [0.3, 0.4) is 0 Å². The third-order valence-electron chi connectivity index (χ3n) is 2.74. The molecule has 7 heteroatoms. The molecule has 1 amide bonds. The Morgan fingerprint density at radius 3 is 2.33 bits per heavy atom. The maximum absolute atomic E-state index is 13.5. The molecule has 3 N–H and O–H groups in total. The Morgan fingerprint density at radius 2 is 1.67 bits per heavy atom. The summed E-state index contributed by atoms with van der Waals surface area (Å²) in [5.74, 6) is -5.32. The van der Waals surface area contributed by atoms with Crippen LogP contribution in [0.4, 0.5) is 28.9 Å². The van der Waals surface area contributed by atoms with E-state index in [1.54, 1.807) is 0 Å². The van der Waals surface area contributed by atoms with Crippen molar-refractivity contribution in [3.8, 4) is 0 Å². The summed E-state index contributed by atoms with van der Waals surface area (Å²) in [6, 6.07) is 4.86. The van der Waals surface area contributed by atoms with Crippen LogP contribution in [-0.4, -0.2) is 5.91 Å². The van der Waals surface area contributed by atoms with Crippen molar-refractivity contribution in [2.45, 2.75) is 6.42 Å². The van der Waals surface area contributed by atoms with Gasteiger partial charge in [0.25, 0.3) is 0 Å². The number of rotatable bonds is 3. The smallest absolute Gasteiger partial charge is 0.228 e. The first-order chi connectivity index (χ1) is 9.88. The lowest BCUT2D eigenvalue weighted by molar-refractivity contribution is -0.115. The molecule has 0 aliphatic carbocycles. The largest absolute Gasteiger partial charge is 0.397 e. The second kappa shape index (κ2) is 5.82. The summed E-state index contributed by atoms with van der Waals surface area (Å²) in [6.07, 6.45) is -0.341. The number of amides is 1. The van der Waals surface area contributed by atoms with E-state index in [2.05, 4.69) is 5.32 Å². The van der Waals surface area contributed by atoms with Gasteiger partial charge in [0.2, 0.25) is 5.91 Å². The van der Waals surface area contributed by atoms with Crippen LogP contribution in [0.25, 0.3) is 0 Å². The molecule has 0 aliphatic rings. The van der Waals surface area contributed by atoms with Crippen LogP contribution >= 0.6 is 0 Å². The van der Waals surface area contributed by atoms with E-state index >= 15 is 0 Å². The number of carbonyl (C=O) groups excluding carboxylic acids is 1. The molecule has 2 aromatic carbocycles.